The lowest BCUT2D eigenvalue weighted by atomic mass is 10.1. The van der Waals surface area contributed by atoms with Crippen LogP contribution in [-0.4, -0.2) is 10.8 Å². The van der Waals surface area contributed by atoms with Gasteiger partial charge >= 0.3 is 0 Å². The van der Waals surface area contributed by atoms with Crippen molar-refractivity contribution in [2.75, 3.05) is 0 Å². The number of nitrogens with zero attached hydrogens (tertiary/aromatic N) is 1. The lowest BCUT2D eigenvalue weighted by molar-refractivity contribution is 0.104. The van der Waals surface area contributed by atoms with Gasteiger partial charge in [-0.15, -0.1) is 11.3 Å². The number of benzene rings is 1. The molecule has 0 saturated heterocycles. The molecule has 2 rings (SSSR count). The van der Waals surface area contributed by atoms with E-state index in [1.807, 2.05) is 0 Å². The topological polar surface area (TPSA) is 30.0 Å². The zero-order valence-corrected chi connectivity index (χ0v) is 8.84. The summed E-state index contributed by atoms with van der Waals surface area (Å²) >= 11 is 1.28. The van der Waals surface area contributed by atoms with E-state index in [1.165, 1.54) is 29.7 Å². The molecule has 0 aliphatic rings. The maximum Gasteiger partial charge on any atom is 0.204 e. The Morgan fingerprint density at radius 2 is 2.27 bits per heavy atom. The molecule has 1 aromatic carbocycles. The summed E-state index contributed by atoms with van der Waals surface area (Å²) in [5, 5.41) is 0. The van der Waals surface area contributed by atoms with E-state index in [-0.39, 0.29) is 11.6 Å². The maximum absolute atomic E-state index is 13.0. The number of ketones is 1. The Hall–Kier alpha value is -1.55. The summed E-state index contributed by atoms with van der Waals surface area (Å²) in [6.45, 7) is 1.64. The van der Waals surface area contributed by atoms with Gasteiger partial charge in [-0.05, 0) is 30.7 Å². The number of halogens is 1. The third-order valence-electron chi connectivity index (χ3n) is 2.08. The molecule has 1 heterocycles. The predicted molar refractivity (Wildman–Crippen MR) is 56.7 cm³/mol. The first kappa shape index (κ1) is 9.98. The fourth-order valence-corrected chi connectivity index (χ4v) is 1.84. The minimum atomic E-state index is -0.296. The molecule has 0 unspecified atom stereocenters. The molecule has 2 aromatic rings. The average Bonchev–Trinajstić information content (AvgIpc) is 2.74. The minimum absolute atomic E-state index is 0.111. The second-order valence-electron chi connectivity index (χ2n) is 3.16. The van der Waals surface area contributed by atoms with E-state index in [0.717, 1.165) is 0 Å². The van der Waals surface area contributed by atoms with E-state index in [2.05, 4.69) is 4.98 Å². The van der Waals surface area contributed by atoms with Crippen LogP contribution < -0.4 is 0 Å². The smallest absolute Gasteiger partial charge is 0.204 e. The Morgan fingerprint density at radius 1 is 1.47 bits per heavy atom. The van der Waals surface area contributed by atoms with Crippen molar-refractivity contribution in [1.29, 1.82) is 0 Å². The third kappa shape index (κ3) is 1.94. The van der Waals surface area contributed by atoms with E-state index in [4.69, 9.17) is 0 Å². The van der Waals surface area contributed by atoms with Crippen molar-refractivity contribution >= 4 is 17.1 Å². The third-order valence-corrected chi connectivity index (χ3v) is 2.85. The fraction of sp³-hybridized carbons (Fsp3) is 0.0909. The van der Waals surface area contributed by atoms with E-state index < -0.39 is 0 Å². The monoisotopic (exact) mass is 221 g/mol. The van der Waals surface area contributed by atoms with Gasteiger partial charge < -0.3 is 0 Å². The van der Waals surface area contributed by atoms with Crippen LogP contribution in [0.2, 0.25) is 0 Å². The van der Waals surface area contributed by atoms with E-state index in [9.17, 15) is 9.18 Å². The summed E-state index contributed by atoms with van der Waals surface area (Å²) in [4.78, 5) is 16.2. The highest BCUT2D eigenvalue weighted by Crippen LogP contribution is 2.16. The molecule has 2 nitrogen and oxygen atoms in total. The summed E-state index contributed by atoms with van der Waals surface area (Å²) in [7, 11) is 0. The average molecular weight is 221 g/mol. The highest BCUT2D eigenvalue weighted by molar-refractivity contribution is 7.11. The zero-order valence-electron chi connectivity index (χ0n) is 8.03. The van der Waals surface area contributed by atoms with Crippen molar-refractivity contribution < 1.29 is 9.18 Å². The Kier molecular flexibility index (Phi) is 2.60. The van der Waals surface area contributed by atoms with Crippen molar-refractivity contribution in [3.63, 3.8) is 0 Å². The summed E-state index contributed by atoms with van der Waals surface area (Å²) in [5.74, 6) is -0.406. The van der Waals surface area contributed by atoms with Gasteiger partial charge in [-0.25, -0.2) is 4.39 Å². The predicted octanol–water partition coefficient (Wildman–Crippen LogP) is 2.82. The zero-order chi connectivity index (χ0) is 10.8. The molecule has 0 spiro atoms. The Labute approximate surface area is 90.4 Å². The number of hydrogen-bond donors (Lipinski definition) is 0. The van der Waals surface area contributed by atoms with Gasteiger partial charge in [-0.1, -0.05) is 0 Å². The van der Waals surface area contributed by atoms with Crippen LogP contribution in [0.3, 0.4) is 0 Å². The number of aryl methyl sites for hydroxylation is 1. The van der Waals surface area contributed by atoms with Crippen LogP contribution in [0.1, 0.15) is 20.8 Å². The highest BCUT2D eigenvalue weighted by atomic mass is 32.1. The van der Waals surface area contributed by atoms with Gasteiger partial charge in [0.25, 0.3) is 0 Å². The molecule has 4 heteroatoms. The van der Waals surface area contributed by atoms with Crippen LogP contribution in [0.15, 0.2) is 29.9 Å². The van der Waals surface area contributed by atoms with Gasteiger partial charge in [-0.3, -0.25) is 9.78 Å². The van der Waals surface area contributed by atoms with Gasteiger partial charge in [0.1, 0.15) is 5.82 Å². The van der Waals surface area contributed by atoms with Crippen molar-refractivity contribution in [2.24, 2.45) is 0 Å². The molecule has 0 saturated carbocycles. The molecule has 0 amide bonds. The number of aromatic nitrogens is 1. The Morgan fingerprint density at radius 3 is 2.87 bits per heavy atom. The molecule has 0 fully saturated rings. The molecule has 0 atom stereocenters. The van der Waals surface area contributed by atoms with Gasteiger partial charge in [0, 0.05) is 11.8 Å². The number of thiazole rings is 1. The van der Waals surface area contributed by atoms with Crippen LogP contribution in [0, 0.1) is 12.7 Å². The molecule has 15 heavy (non-hydrogen) atoms. The number of carbonyl (C=O) groups is 1. The standard InChI is InChI=1S/C11H8FNOS/c1-7-4-8(2-3-9(7)12)11(14)10-5-13-6-15-10/h2-6H,1H3. The van der Waals surface area contributed by atoms with Gasteiger partial charge in [0.2, 0.25) is 5.78 Å². The molecule has 0 aliphatic heterocycles. The van der Waals surface area contributed by atoms with Crippen molar-refractivity contribution in [2.45, 2.75) is 6.92 Å². The molecule has 1 aromatic heterocycles. The first-order valence-corrected chi connectivity index (χ1v) is 5.26. The summed E-state index contributed by atoms with van der Waals surface area (Å²) < 4.78 is 13.0. The van der Waals surface area contributed by atoms with Crippen molar-refractivity contribution in [3.05, 3.63) is 51.7 Å². The lowest BCUT2D eigenvalue weighted by Gasteiger charge is -2.00. The van der Waals surface area contributed by atoms with Crippen molar-refractivity contribution in [3.8, 4) is 0 Å². The second-order valence-corrected chi connectivity index (χ2v) is 4.05. The molecule has 0 bridgehead atoms. The number of hydrogen-bond acceptors (Lipinski definition) is 3. The minimum Gasteiger partial charge on any atom is -0.288 e. The summed E-state index contributed by atoms with van der Waals surface area (Å²) in [5.41, 5.74) is 2.58. The van der Waals surface area contributed by atoms with E-state index in [1.54, 1.807) is 18.5 Å². The lowest BCUT2D eigenvalue weighted by Crippen LogP contribution is -1.99. The molecule has 0 aliphatic carbocycles. The van der Waals surface area contributed by atoms with Crippen LogP contribution >= 0.6 is 11.3 Å². The largest absolute Gasteiger partial charge is 0.288 e. The first-order valence-electron chi connectivity index (χ1n) is 4.38. The number of carbonyl (C=O) groups excluding carboxylic acids is 1. The summed E-state index contributed by atoms with van der Waals surface area (Å²) in [6.07, 6.45) is 1.52. The van der Waals surface area contributed by atoms with Crippen LogP contribution in [0.4, 0.5) is 4.39 Å². The van der Waals surface area contributed by atoms with Crippen LogP contribution in [0.25, 0.3) is 0 Å². The van der Waals surface area contributed by atoms with Gasteiger partial charge in [0.15, 0.2) is 0 Å². The second kappa shape index (κ2) is 3.90. The number of rotatable bonds is 2. The first-order chi connectivity index (χ1) is 7.18. The Bertz CT molecular complexity index is 493. The van der Waals surface area contributed by atoms with Crippen LogP contribution in [0.5, 0.6) is 0 Å². The van der Waals surface area contributed by atoms with E-state index >= 15 is 0 Å². The quantitative estimate of drug-likeness (QED) is 0.730. The maximum atomic E-state index is 13.0. The highest BCUT2D eigenvalue weighted by Gasteiger charge is 2.11. The molecule has 76 valence electrons. The molecular formula is C11H8FNOS. The molecular weight excluding hydrogens is 213 g/mol. The Balaban J connectivity index is 2.39. The normalized spacial score (nSPS) is 10.3. The summed E-state index contributed by atoms with van der Waals surface area (Å²) in [6, 6.07) is 4.35. The molecule has 0 N–H and O–H groups in total. The van der Waals surface area contributed by atoms with E-state index in [0.29, 0.717) is 16.0 Å². The van der Waals surface area contributed by atoms with Gasteiger partial charge in [-0.2, -0.15) is 0 Å². The molecule has 0 radical (unpaired) electrons. The van der Waals surface area contributed by atoms with Gasteiger partial charge in [0.05, 0.1) is 10.4 Å². The van der Waals surface area contributed by atoms with Crippen molar-refractivity contribution in [1.82, 2.24) is 4.98 Å². The fourth-order valence-electron chi connectivity index (χ4n) is 1.26. The van der Waals surface area contributed by atoms with Crippen LogP contribution in [-0.2, 0) is 0 Å². The SMILES string of the molecule is Cc1cc(C(=O)c2cncs2)ccc1F.